The van der Waals surface area contributed by atoms with Gasteiger partial charge in [-0.1, -0.05) is 0 Å². The Morgan fingerprint density at radius 2 is 2.23 bits per heavy atom. The molecule has 4 atom stereocenters. The molecule has 4 heterocycles. The quantitative estimate of drug-likeness (QED) is 0.664. The fourth-order valence-electron chi connectivity index (χ4n) is 5.59. The second kappa shape index (κ2) is 6.63. The third-order valence-electron chi connectivity index (χ3n) is 7.31. The lowest BCUT2D eigenvalue weighted by Gasteiger charge is -2.40. The highest BCUT2D eigenvalue weighted by molar-refractivity contribution is 9.10. The van der Waals surface area contributed by atoms with Gasteiger partial charge in [0.15, 0.2) is 5.82 Å². The number of nitrogens with zero attached hydrogens (tertiary/aromatic N) is 4. The van der Waals surface area contributed by atoms with Gasteiger partial charge in [0.1, 0.15) is 36.0 Å². The minimum absolute atomic E-state index is 0.0556. The number of hydrogen-bond acceptors (Lipinski definition) is 6. The molecule has 30 heavy (non-hydrogen) atoms. The van der Waals surface area contributed by atoms with E-state index in [-0.39, 0.29) is 29.2 Å². The van der Waals surface area contributed by atoms with Crippen molar-refractivity contribution >= 4 is 32.7 Å². The molecule has 1 aromatic heterocycles. The summed E-state index contributed by atoms with van der Waals surface area (Å²) in [5.74, 6) is 0.758. The molecule has 3 aliphatic heterocycles. The Hall–Kier alpha value is -1.74. The summed E-state index contributed by atoms with van der Waals surface area (Å²) in [4.78, 5) is 13.3. The van der Waals surface area contributed by atoms with Crippen molar-refractivity contribution in [1.82, 2.24) is 14.9 Å². The van der Waals surface area contributed by atoms with Gasteiger partial charge in [-0.05, 0) is 54.2 Å². The van der Waals surface area contributed by atoms with E-state index in [1.807, 2.05) is 7.05 Å². The molecule has 2 aromatic rings. The number of ether oxygens (including phenoxy) is 2. The standard InChI is InChI=1S/C21H23BrF2N4O2/c1-27-13-3-4-14(13)30-15-7-12(22)17(24)18-16(15)19(27)26-20(25-18)29-10-21-5-2-6-28(21)9-11(23)8-21/h7,11,13-14H,2-6,8-10H2,1H3/t11-,13-,14-,21+/m1/s1. The largest absolute Gasteiger partial charge is 0.487 e. The Morgan fingerprint density at radius 1 is 1.37 bits per heavy atom. The van der Waals surface area contributed by atoms with Gasteiger partial charge in [0.25, 0.3) is 0 Å². The number of fused-ring (bicyclic) bond motifs is 2. The summed E-state index contributed by atoms with van der Waals surface area (Å²) in [7, 11) is 1.96. The predicted octanol–water partition coefficient (Wildman–Crippen LogP) is 3.85. The highest BCUT2D eigenvalue weighted by atomic mass is 79.9. The number of benzene rings is 1. The second-order valence-electron chi connectivity index (χ2n) is 9.00. The second-order valence-corrected chi connectivity index (χ2v) is 9.85. The molecular formula is C21H23BrF2N4O2. The molecule has 1 aromatic carbocycles. The van der Waals surface area contributed by atoms with E-state index < -0.39 is 12.0 Å². The zero-order valence-electron chi connectivity index (χ0n) is 16.7. The van der Waals surface area contributed by atoms with Gasteiger partial charge in [-0.25, -0.2) is 8.78 Å². The molecule has 0 spiro atoms. The monoisotopic (exact) mass is 480 g/mol. The first-order valence-corrected chi connectivity index (χ1v) is 11.4. The number of rotatable bonds is 3. The summed E-state index contributed by atoms with van der Waals surface area (Å²) in [6.07, 6.45) is 3.58. The molecule has 0 radical (unpaired) electrons. The maximum atomic E-state index is 15.0. The lowest BCUT2D eigenvalue weighted by atomic mass is 9.88. The number of halogens is 3. The zero-order valence-corrected chi connectivity index (χ0v) is 18.3. The van der Waals surface area contributed by atoms with Crippen LogP contribution in [0.25, 0.3) is 10.9 Å². The first kappa shape index (κ1) is 19.0. The SMILES string of the molecule is CN1c2nc(OC[C@@]34CCCN3C[C@H](F)C4)nc3c(F)c(Br)cc(c23)O[C@@H]2CC[C@H]21. The van der Waals surface area contributed by atoms with E-state index in [4.69, 9.17) is 9.47 Å². The van der Waals surface area contributed by atoms with Crippen LogP contribution in [0.4, 0.5) is 14.6 Å². The molecule has 1 saturated carbocycles. The Balaban J connectivity index is 1.41. The van der Waals surface area contributed by atoms with Crippen molar-refractivity contribution in [2.24, 2.45) is 0 Å². The minimum Gasteiger partial charge on any atom is -0.487 e. The van der Waals surface area contributed by atoms with Crippen molar-refractivity contribution in [1.29, 1.82) is 0 Å². The molecule has 160 valence electrons. The summed E-state index contributed by atoms with van der Waals surface area (Å²) in [6.45, 7) is 1.66. The molecule has 0 amide bonds. The molecule has 0 bridgehead atoms. The van der Waals surface area contributed by atoms with Crippen molar-refractivity contribution in [3.05, 3.63) is 16.4 Å². The highest BCUT2D eigenvalue weighted by Gasteiger charge is 2.49. The maximum absolute atomic E-state index is 15.0. The summed E-state index contributed by atoms with van der Waals surface area (Å²) in [5.41, 5.74) is -0.121. The van der Waals surface area contributed by atoms with E-state index in [1.165, 1.54) is 0 Å². The van der Waals surface area contributed by atoms with Crippen LogP contribution < -0.4 is 14.4 Å². The van der Waals surface area contributed by atoms with Crippen LogP contribution >= 0.6 is 15.9 Å². The third-order valence-corrected chi connectivity index (χ3v) is 7.89. The third kappa shape index (κ3) is 2.67. The minimum atomic E-state index is -0.828. The molecule has 1 aliphatic carbocycles. The molecule has 4 aliphatic rings. The van der Waals surface area contributed by atoms with Crippen LogP contribution in [0.1, 0.15) is 32.1 Å². The average molecular weight is 481 g/mol. The predicted molar refractivity (Wildman–Crippen MR) is 112 cm³/mol. The van der Waals surface area contributed by atoms with Crippen LogP contribution in [-0.2, 0) is 0 Å². The lowest BCUT2D eigenvalue weighted by Crippen LogP contribution is -2.51. The maximum Gasteiger partial charge on any atom is 0.319 e. The van der Waals surface area contributed by atoms with Gasteiger partial charge in [0.05, 0.1) is 21.4 Å². The van der Waals surface area contributed by atoms with Crippen LogP contribution in [0.2, 0.25) is 0 Å². The average Bonchev–Trinajstić information content (AvgIpc) is 3.19. The van der Waals surface area contributed by atoms with E-state index in [0.717, 1.165) is 32.2 Å². The molecule has 0 N–H and O–H groups in total. The van der Waals surface area contributed by atoms with Crippen molar-refractivity contribution in [2.75, 3.05) is 31.6 Å². The van der Waals surface area contributed by atoms with Gasteiger partial charge in [0, 0.05) is 20.0 Å². The van der Waals surface area contributed by atoms with Gasteiger partial charge in [-0.15, -0.1) is 0 Å². The van der Waals surface area contributed by atoms with Crippen molar-refractivity contribution in [3.63, 3.8) is 0 Å². The highest BCUT2D eigenvalue weighted by Crippen LogP contribution is 2.45. The van der Waals surface area contributed by atoms with Crippen LogP contribution in [0, 0.1) is 5.82 Å². The number of aromatic nitrogens is 2. The fourth-order valence-corrected chi connectivity index (χ4v) is 5.99. The van der Waals surface area contributed by atoms with Gasteiger partial charge < -0.3 is 14.4 Å². The van der Waals surface area contributed by atoms with E-state index >= 15 is 4.39 Å². The van der Waals surface area contributed by atoms with Crippen molar-refractivity contribution in [2.45, 2.75) is 56.0 Å². The van der Waals surface area contributed by atoms with Crippen molar-refractivity contribution in [3.8, 4) is 11.8 Å². The Kier molecular flexibility index (Phi) is 4.19. The summed E-state index contributed by atoms with van der Waals surface area (Å²) < 4.78 is 41.6. The Labute approximate surface area is 181 Å². The van der Waals surface area contributed by atoms with Gasteiger partial charge in [-0.3, -0.25) is 4.90 Å². The van der Waals surface area contributed by atoms with E-state index in [9.17, 15) is 4.39 Å². The van der Waals surface area contributed by atoms with Gasteiger partial charge >= 0.3 is 6.01 Å². The van der Waals surface area contributed by atoms with Gasteiger partial charge in [0.2, 0.25) is 0 Å². The lowest BCUT2D eigenvalue weighted by molar-refractivity contribution is 0.0946. The number of hydrogen-bond donors (Lipinski definition) is 0. The van der Waals surface area contributed by atoms with Crippen LogP contribution in [0.3, 0.4) is 0 Å². The summed E-state index contributed by atoms with van der Waals surface area (Å²) >= 11 is 3.29. The van der Waals surface area contributed by atoms with Crippen molar-refractivity contribution < 1.29 is 18.3 Å². The number of anilines is 1. The van der Waals surface area contributed by atoms with Gasteiger partial charge in [-0.2, -0.15) is 9.97 Å². The molecule has 3 fully saturated rings. The number of likely N-dealkylation sites (N-methyl/N-ethyl adjacent to an activating group) is 1. The first-order chi connectivity index (χ1) is 14.4. The summed E-state index contributed by atoms with van der Waals surface area (Å²) in [5, 5.41) is 0.574. The van der Waals surface area contributed by atoms with E-state index in [1.54, 1.807) is 6.07 Å². The molecule has 9 heteroatoms. The molecular weight excluding hydrogens is 458 g/mol. The fraction of sp³-hybridized carbons (Fsp3) is 0.619. The molecule has 6 nitrogen and oxygen atoms in total. The zero-order chi connectivity index (χ0) is 20.6. The van der Waals surface area contributed by atoms with Crippen LogP contribution in [0.5, 0.6) is 11.8 Å². The molecule has 2 saturated heterocycles. The van der Waals surface area contributed by atoms with Crippen LogP contribution in [-0.4, -0.2) is 65.5 Å². The smallest absolute Gasteiger partial charge is 0.319 e. The number of alkyl halides is 1. The first-order valence-electron chi connectivity index (χ1n) is 10.6. The Bertz CT molecular complexity index is 1040. The van der Waals surface area contributed by atoms with E-state index in [2.05, 4.69) is 35.7 Å². The molecule has 6 rings (SSSR count). The summed E-state index contributed by atoms with van der Waals surface area (Å²) in [6, 6.07) is 1.99. The topological polar surface area (TPSA) is 50.7 Å². The van der Waals surface area contributed by atoms with Crippen LogP contribution in [0.15, 0.2) is 10.5 Å². The normalized spacial score (nSPS) is 32.4. The Morgan fingerprint density at radius 3 is 3.03 bits per heavy atom. The molecule has 0 unspecified atom stereocenters. The van der Waals surface area contributed by atoms with E-state index in [0.29, 0.717) is 41.0 Å².